The van der Waals surface area contributed by atoms with E-state index in [1.165, 1.54) is 0 Å². The lowest BCUT2D eigenvalue weighted by molar-refractivity contribution is -0.128. The van der Waals surface area contributed by atoms with Gasteiger partial charge in [-0.15, -0.1) is 0 Å². The van der Waals surface area contributed by atoms with Crippen LogP contribution in [0.1, 0.15) is 38.3 Å². The predicted molar refractivity (Wildman–Crippen MR) is 85.3 cm³/mol. The van der Waals surface area contributed by atoms with Crippen LogP contribution < -0.4 is 5.73 Å². The quantitative estimate of drug-likeness (QED) is 0.873. The molecular weight excluding hydrogens is 287 g/mol. The fourth-order valence-corrected chi connectivity index (χ4v) is 2.76. The Labute approximate surface area is 130 Å². The van der Waals surface area contributed by atoms with Gasteiger partial charge in [0.1, 0.15) is 10.8 Å². The molecule has 1 aromatic rings. The van der Waals surface area contributed by atoms with E-state index in [9.17, 15) is 9.18 Å². The highest BCUT2D eigenvalue weighted by atomic mass is 32.1. The number of thiocarbonyl (C=S) groups is 1. The van der Waals surface area contributed by atoms with Crippen LogP contribution in [-0.4, -0.2) is 22.3 Å². The van der Waals surface area contributed by atoms with E-state index < -0.39 is 5.82 Å². The van der Waals surface area contributed by atoms with E-state index in [0.29, 0.717) is 24.4 Å². The number of carbonyl (C=O) groups is 1. The summed E-state index contributed by atoms with van der Waals surface area (Å²) in [5, 5.41) is 0. The number of benzene rings is 1. The molecule has 21 heavy (non-hydrogen) atoms. The van der Waals surface area contributed by atoms with E-state index in [-0.39, 0.29) is 28.4 Å². The highest BCUT2D eigenvalue weighted by Gasteiger charge is 2.36. The van der Waals surface area contributed by atoms with Gasteiger partial charge in [-0.3, -0.25) is 4.79 Å². The molecule has 0 aromatic heterocycles. The molecule has 0 bridgehead atoms. The van der Waals surface area contributed by atoms with Crippen LogP contribution in [0.2, 0.25) is 0 Å². The maximum atomic E-state index is 14.3. The zero-order valence-corrected chi connectivity index (χ0v) is 13.5. The Balaban J connectivity index is 2.18. The Morgan fingerprint density at radius 2 is 2.14 bits per heavy atom. The molecule has 3 nitrogen and oxygen atoms in total. The number of nitrogens with two attached hydrogens (primary N) is 1. The molecule has 1 heterocycles. The van der Waals surface area contributed by atoms with E-state index in [2.05, 4.69) is 20.8 Å². The van der Waals surface area contributed by atoms with E-state index in [1.807, 2.05) is 0 Å². The van der Waals surface area contributed by atoms with E-state index in [0.717, 1.165) is 0 Å². The molecule has 2 N–H and O–H groups in total. The lowest BCUT2D eigenvalue weighted by atomic mass is 9.80. The molecule has 114 valence electrons. The van der Waals surface area contributed by atoms with Crippen molar-refractivity contribution in [3.05, 3.63) is 35.1 Å². The standard InChI is InChI=1S/C16H21FN2OS/c1-16(2,3)11-7-13(20)19(9-11)8-10-5-4-6-12(14(10)17)15(18)21/h4-6,11H,7-9H2,1-3H3,(H2,18,21). The highest BCUT2D eigenvalue weighted by Crippen LogP contribution is 2.35. The Hall–Kier alpha value is -1.49. The van der Waals surface area contributed by atoms with Crippen molar-refractivity contribution in [1.82, 2.24) is 4.90 Å². The third-order valence-electron chi connectivity index (χ3n) is 4.14. The molecule has 1 unspecified atom stereocenters. The number of hydrogen-bond acceptors (Lipinski definition) is 2. The second kappa shape index (κ2) is 5.72. The first-order chi connectivity index (χ1) is 9.70. The monoisotopic (exact) mass is 308 g/mol. The van der Waals surface area contributed by atoms with Gasteiger partial charge in [-0.1, -0.05) is 45.1 Å². The predicted octanol–water partition coefficient (Wildman–Crippen LogP) is 2.85. The van der Waals surface area contributed by atoms with Crippen LogP contribution in [0.25, 0.3) is 0 Å². The molecule has 0 saturated carbocycles. The number of likely N-dealkylation sites (tertiary alicyclic amines) is 1. The van der Waals surface area contributed by atoms with Gasteiger partial charge in [0.05, 0.1) is 0 Å². The number of hydrogen-bond donors (Lipinski definition) is 1. The molecular formula is C16H21FN2OS. The van der Waals surface area contributed by atoms with Gasteiger partial charge < -0.3 is 10.6 Å². The van der Waals surface area contributed by atoms with Gasteiger partial charge in [0.25, 0.3) is 0 Å². The van der Waals surface area contributed by atoms with Crippen LogP contribution in [0.4, 0.5) is 4.39 Å². The van der Waals surface area contributed by atoms with Crippen molar-refractivity contribution in [1.29, 1.82) is 0 Å². The van der Waals surface area contributed by atoms with Gasteiger partial charge in [0.2, 0.25) is 5.91 Å². The summed E-state index contributed by atoms with van der Waals surface area (Å²) in [6.45, 7) is 7.32. The Bertz CT molecular complexity index is 580. The summed E-state index contributed by atoms with van der Waals surface area (Å²) in [7, 11) is 0. The summed E-state index contributed by atoms with van der Waals surface area (Å²) in [5.41, 5.74) is 6.28. The topological polar surface area (TPSA) is 46.3 Å². The van der Waals surface area contributed by atoms with Gasteiger partial charge in [-0.25, -0.2) is 4.39 Å². The lowest BCUT2D eigenvalue weighted by Crippen LogP contribution is -2.28. The summed E-state index contributed by atoms with van der Waals surface area (Å²) >= 11 is 4.84. The summed E-state index contributed by atoms with van der Waals surface area (Å²) in [4.78, 5) is 13.9. The van der Waals surface area contributed by atoms with Gasteiger partial charge in [-0.2, -0.15) is 0 Å². The minimum Gasteiger partial charge on any atom is -0.389 e. The van der Waals surface area contributed by atoms with Crippen LogP contribution >= 0.6 is 12.2 Å². The molecule has 1 amide bonds. The summed E-state index contributed by atoms with van der Waals surface area (Å²) < 4.78 is 14.3. The van der Waals surface area contributed by atoms with Gasteiger partial charge in [-0.05, 0) is 17.4 Å². The van der Waals surface area contributed by atoms with Gasteiger partial charge >= 0.3 is 0 Å². The minimum absolute atomic E-state index is 0.0367. The first kappa shape index (κ1) is 15.9. The normalized spacial score (nSPS) is 19.1. The number of nitrogens with zero attached hydrogens (tertiary/aromatic N) is 1. The van der Waals surface area contributed by atoms with Gasteiger partial charge in [0.15, 0.2) is 0 Å². The molecule has 1 fully saturated rings. The van der Waals surface area contributed by atoms with Crippen molar-refractivity contribution in [2.75, 3.05) is 6.54 Å². The van der Waals surface area contributed by atoms with Crippen LogP contribution in [0.3, 0.4) is 0 Å². The van der Waals surface area contributed by atoms with Crippen LogP contribution in [-0.2, 0) is 11.3 Å². The molecule has 0 spiro atoms. The molecule has 0 aliphatic carbocycles. The molecule has 1 atom stereocenters. The Morgan fingerprint density at radius 3 is 2.67 bits per heavy atom. The van der Waals surface area contributed by atoms with E-state index >= 15 is 0 Å². The number of carbonyl (C=O) groups excluding carboxylic acids is 1. The van der Waals surface area contributed by atoms with Crippen LogP contribution in [0.15, 0.2) is 18.2 Å². The molecule has 1 aliphatic rings. The fraction of sp³-hybridized carbons (Fsp3) is 0.500. The van der Waals surface area contributed by atoms with Crippen molar-refractivity contribution >= 4 is 23.1 Å². The van der Waals surface area contributed by atoms with Crippen molar-refractivity contribution in [3.8, 4) is 0 Å². The number of amides is 1. The molecule has 0 radical (unpaired) electrons. The van der Waals surface area contributed by atoms with Crippen molar-refractivity contribution in [2.45, 2.75) is 33.7 Å². The first-order valence-electron chi connectivity index (χ1n) is 7.05. The lowest BCUT2D eigenvalue weighted by Gasteiger charge is -2.26. The number of halogens is 1. The SMILES string of the molecule is CC(C)(C)C1CC(=O)N(Cc2cccc(C(N)=S)c2F)C1. The molecule has 1 saturated heterocycles. The smallest absolute Gasteiger partial charge is 0.223 e. The molecule has 1 aromatic carbocycles. The van der Waals surface area contributed by atoms with Crippen LogP contribution in [0.5, 0.6) is 0 Å². The Morgan fingerprint density at radius 1 is 1.48 bits per heavy atom. The average molecular weight is 308 g/mol. The van der Waals surface area contributed by atoms with Crippen molar-refractivity contribution < 1.29 is 9.18 Å². The van der Waals surface area contributed by atoms with Gasteiger partial charge in [0, 0.05) is 30.6 Å². The first-order valence-corrected chi connectivity index (χ1v) is 7.46. The minimum atomic E-state index is -0.419. The van der Waals surface area contributed by atoms with Crippen molar-refractivity contribution in [2.24, 2.45) is 17.1 Å². The van der Waals surface area contributed by atoms with E-state index in [4.69, 9.17) is 18.0 Å². The second-order valence-electron chi connectivity index (χ2n) is 6.68. The third-order valence-corrected chi connectivity index (χ3v) is 4.36. The average Bonchev–Trinajstić information content (AvgIpc) is 2.73. The molecule has 1 aliphatic heterocycles. The third kappa shape index (κ3) is 3.40. The maximum Gasteiger partial charge on any atom is 0.223 e. The summed E-state index contributed by atoms with van der Waals surface area (Å²) in [5.74, 6) is -0.0427. The largest absolute Gasteiger partial charge is 0.389 e. The molecule has 2 rings (SSSR count). The highest BCUT2D eigenvalue weighted by molar-refractivity contribution is 7.80. The summed E-state index contributed by atoms with van der Waals surface area (Å²) in [6.07, 6.45) is 0.528. The summed E-state index contributed by atoms with van der Waals surface area (Å²) in [6, 6.07) is 4.95. The van der Waals surface area contributed by atoms with E-state index in [1.54, 1.807) is 23.1 Å². The van der Waals surface area contributed by atoms with Crippen LogP contribution in [0, 0.1) is 17.2 Å². The fourth-order valence-electron chi connectivity index (χ4n) is 2.60. The maximum absolute atomic E-state index is 14.3. The second-order valence-corrected chi connectivity index (χ2v) is 7.12. The Kier molecular flexibility index (Phi) is 4.33. The zero-order chi connectivity index (χ0) is 15.8. The van der Waals surface area contributed by atoms with Crippen molar-refractivity contribution in [3.63, 3.8) is 0 Å². The number of rotatable bonds is 3. The zero-order valence-electron chi connectivity index (χ0n) is 12.6. The molecule has 5 heteroatoms.